The summed E-state index contributed by atoms with van der Waals surface area (Å²) >= 11 is 1.83. The van der Waals surface area contributed by atoms with Gasteiger partial charge < -0.3 is 0 Å². The number of hydrogen-bond acceptors (Lipinski definition) is 1. The zero-order valence-electron chi connectivity index (χ0n) is 8.10. The second-order valence-corrected chi connectivity index (χ2v) is 4.19. The van der Waals surface area contributed by atoms with E-state index in [2.05, 4.69) is 42.5 Å². The molecule has 70 valence electrons. The lowest BCUT2D eigenvalue weighted by atomic mass is 10.2. The predicted molar refractivity (Wildman–Crippen MR) is 65.7 cm³/mol. The zero-order chi connectivity index (χ0) is 9.80. The molecule has 0 nitrogen and oxygen atoms in total. The number of thiophene rings is 1. The molecular weight excluding hydrogens is 188 g/mol. The quantitative estimate of drug-likeness (QED) is 0.626. The van der Waals surface area contributed by atoms with Crippen LogP contribution in [0.5, 0.6) is 0 Å². The van der Waals surface area contributed by atoms with Crippen LogP contribution >= 0.6 is 11.3 Å². The first-order valence-electron chi connectivity index (χ1n) is 4.68. The number of rotatable bonds is 2. The van der Waals surface area contributed by atoms with Crippen LogP contribution in [-0.2, 0) is 0 Å². The van der Waals surface area contributed by atoms with E-state index < -0.39 is 0 Å². The van der Waals surface area contributed by atoms with Gasteiger partial charge in [-0.3, -0.25) is 0 Å². The molecule has 0 amide bonds. The molecule has 0 fully saturated rings. The topological polar surface area (TPSA) is 0 Å². The SMILES string of the molecule is C/C=C/C=C/c1cc2ccccc2s1. The molecule has 0 spiro atoms. The Morgan fingerprint density at radius 1 is 1.14 bits per heavy atom. The maximum Gasteiger partial charge on any atom is 0.0349 e. The smallest absolute Gasteiger partial charge is 0.0349 e. The van der Waals surface area contributed by atoms with E-state index in [1.165, 1.54) is 15.0 Å². The minimum atomic E-state index is 1.31. The van der Waals surface area contributed by atoms with Gasteiger partial charge in [0.1, 0.15) is 0 Å². The summed E-state index contributed by atoms with van der Waals surface area (Å²) in [6.07, 6.45) is 8.30. The Hall–Kier alpha value is -1.34. The Kier molecular flexibility index (Phi) is 2.80. The molecule has 0 N–H and O–H groups in total. The number of fused-ring (bicyclic) bond motifs is 1. The summed E-state index contributed by atoms with van der Waals surface area (Å²) in [5.74, 6) is 0. The molecular formula is C13H12S. The average molecular weight is 200 g/mol. The fourth-order valence-electron chi connectivity index (χ4n) is 1.35. The van der Waals surface area contributed by atoms with Crippen molar-refractivity contribution in [3.8, 4) is 0 Å². The van der Waals surface area contributed by atoms with Crippen LogP contribution in [0.2, 0.25) is 0 Å². The molecule has 1 aromatic heterocycles. The van der Waals surface area contributed by atoms with Gasteiger partial charge in [0.15, 0.2) is 0 Å². The molecule has 0 radical (unpaired) electrons. The number of allylic oxidation sites excluding steroid dienone is 3. The van der Waals surface area contributed by atoms with Crippen molar-refractivity contribution < 1.29 is 0 Å². The first kappa shape index (κ1) is 9.22. The lowest BCUT2D eigenvalue weighted by Gasteiger charge is -1.82. The van der Waals surface area contributed by atoms with Gasteiger partial charge in [0.2, 0.25) is 0 Å². The highest BCUT2D eigenvalue weighted by Gasteiger charge is 1.96. The van der Waals surface area contributed by atoms with Crippen molar-refractivity contribution in [2.45, 2.75) is 6.92 Å². The molecule has 0 bridgehead atoms. The molecule has 1 heterocycles. The van der Waals surface area contributed by atoms with Crippen molar-refractivity contribution in [1.82, 2.24) is 0 Å². The second-order valence-electron chi connectivity index (χ2n) is 3.07. The van der Waals surface area contributed by atoms with Crippen molar-refractivity contribution in [3.05, 3.63) is 53.4 Å². The molecule has 0 saturated carbocycles. The summed E-state index contributed by atoms with van der Waals surface area (Å²) in [6, 6.07) is 10.7. The summed E-state index contributed by atoms with van der Waals surface area (Å²) in [4.78, 5) is 1.31. The molecule has 1 heteroatoms. The van der Waals surface area contributed by atoms with Crippen LogP contribution in [0.3, 0.4) is 0 Å². The van der Waals surface area contributed by atoms with Crippen molar-refractivity contribution in [1.29, 1.82) is 0 Å². The lowest BCUT2D eigenvalue weighted by Crippen LogP contribution is -1.57. The molecule has 0 saturated heterocycles. The third-order valence-electron chi connectivity index (χ3n) is 2.01. The predicted octanol–water partition coefficient (Wildman–Crippen LogP) is 4.49. The van der Waals surface area contributed by atoms with Crippen LogP contribution in [0.25, 0.3) is 16.2 Å². The van der Waals surface area contributed by atoms with Crippen molar-refractivity contribution in [2.24, 2.45) is 0 Å². The molecule has 2 rings (SSSR count). The number of hydrogen-bond donors (Lipinski definition) is 0. The first-order valence-corrected chi connectivity index (χ1v) is 5.50. The molecule has 1 aromatic carbocycles. The summed E-state index contributed by atoms with van der Waals surface area (Å²) in [6.45, 7) is 2.02. The third-order valence-corrected chi connectivity index (χ3v) is 3.09. The van der Waals surface area contributed by atoms with E-state index in [-0.39, 0.29) is 0 Å². The van der Waals surface area contributed by atoms with Crippen molar-refractivity contribution >= 4 is 27.5 Å². The van der Waals surface area contributed by atoms with Gasteiger partial charge >= 0.3 is 0 Å². The number of benzene rings is 1. The highest BCUT2D eigenvalue weighted by molar-refractivity contribution is 7.19. The molecule has 14 heavy (non-hydrogen) atoms. The first-order chi connectivity index (χ1) is 6.90. The van der Waals surface area contributed by atoms with E-state index >= 15 is 0 Å². The fourth-order valence-corrected chi connectivity index (χ4v) is 2.32. The van der Waals surface area contributed by atoms with Gasteiger partial charge in [-0.1, -0.05) is 36.4 Å². The lowest BCUT2D eigenvalue weighted by molar-refractivity contribution is 1.74. The Morgan fingerprint density at radius 3 is 2.79 bits per heavy atom. The average Bonchev–Trinajstić information content (AvgIpc) is 2.60. The molecule has 0 unspecified atom stereocenters. The monoisotopic (exact) mass is 200 g/mol. The van der Waals surface area contributed by atoms with Crippen molar-refractivity contribution in [3.63, 3.8) is 0 Å². The Morgan fingerprint density at radius 2 is 2.00 bits per heavy atom. The molecule has 0 aliphatic heterocycles. The van der Waals surface area contributed by atoms with Gasteiger partial charge in [-0.05, 0) is 30.5 Å². The summed E-state index contributed by atoms with van der Waals surface area (Å²) in [7, 11) is 0. The third kappa shape index (κ3) is 1.94. The Bertz CT molecular complexity index is 442. The largest absolute Gasteiger partial charge is 0.136 e. The van der Waals surface area contributed by atoms with E-state index in [4.69, 9.17) is 0 Å². The van der Waals surface area contributed by atoms with E-state index in [1.54, 1.807) is 0 Å². The van der Waals surface area contributed by atoms with Gasteiger partial charge in [0.25, 0.3) is 0 Å². The normalized spacial score (nSPS) is 12.1. The Labute approximate surface area is 88.2 Å². The van der Waals surface area contributed by atoms with Crippen LogP contribution in [0, 0.1) is 0 Å². The van der Waals surface area contributed by atoms with Gasteiger partial charge in [0.05, 0.1) is 0 Å². The van der Waals surface area contributed by atoms with Crippen LogP contribution in [0.1, 0.15) is 11.8 Å². The van der Waals surface area contributed by atoms with Crippen LogP contribution in [0.4, 0.5) is 0 Å². The van der Waals surface area contributed by atoms with Crippen LogP contribution in [-0.4, -0.2) is 0 Å². The molecule has 2 aromatic rings. The zero-order valence-corrected chi connectivity index (χ0v) is 8.92. The van der Waals surface area contributed by atoms with E-state index in [1.807, 2.05) is 30.4 Å². The minimum Gasteiger partial charge on any atom is -0.136 e. The van der Waals surface area contributed by atoms with Gasteiger partial charge in [0, 0.05) is 9.58 Å². The highest BCUT2D eigenvalue weighted by atomic mass is 32.1. The van der Waals surface area contributed by atoms with Gasteiger partial charge in [-0.15, -0.1) is 11.3 Å². The minimum absolute atomic E-state index is 1.31. The Balaban J connectivity index is 2.35. The summed E-state index contributed by atoms with van der Waals surface area (Å²) in [5.41, 5.74) is 0. The van der Waals surface area contributed by atoms with E-state index in [0.29, 0.717) is 0 Å². The molecule has 0 atom stereocenters. The fraction of sp³-hybridized carbons (Fsp3) is 0.0769. The molecule has 0 aliphatic rings. The van der Waals surface area contributed by atoms with E-state index in [9.17, 15) is 0 Å². The van der Waals surface area contributed by atoms with Crippen LogP contribution < -0.4 is 0 Å². The summed E-state index contributed by atoms with van der Waals surface area (Å²) < 4.78 is 1.35. The van der Waals surface area contributed by atoms with Gasteiger partial charge in [-0.2, -0.15) is 0 Å². The maximum absolute atomic E-state index is 2.22. The van der Waals surface area contributed by atoms with Crippen molar-refractivity contribution in [2.75, 3.05) is 0 Å². The summed E-state index contributed by atoms with van der Waals surface area (Å²) in [5, 5.41) is 1.33. The second kappa shape index (κ2) is 4.25. The van der Waals surface area contributed by atoms with E-state index in [0.717, 1.165) is 0 Å². The molecule has 0 aliphatic carbocycles. The van der Waals surface area contributed by atoms with Gasteiger partial charge in [-0.25, -0.2) is 0 Å². The van der Waals surface area contributed by atoms with Crippen LogP contribution in [0.15, 0.2) is 48.6 Å². The maximum atomic E-state index is 2.22. The standard InChI is InChI=1S/C13H12S/c1-2-3-4-8-12-10-11-7-5-6-9-13(11)14-12/h2-10H,1H3/b3-2+,8-4+. The highest BCUT2D eigenvalue weighted by Crippen LogP contribution is 2.25.